The summed E-state index contributed by atoms with van der Waals surface area (Å²) in [4.78, 5) is 19.0. The fourth-order valence-corrected chi connectivity index (χ4v) is 3.22. The second-order valence-corrected chi connectivity index (χ2v) is 6.06. The van der Waals surface area contributed by atoms with Crippen molar-refractivity contribution in [3.63, 3.8) is 0 Å². The summed E-state index contributed by atoms with van der Waals surface area (Å²) in [6, 6.07) is 2.05. The highest BCUT2D eigenvalue weighted by atomic mass is 15.3. The third-order valence-electron chi connectivity index (χ3n) is 4.87. The van der Waals surface area contributed by atoms with Crippen molar-refractivity contribution >= 4 is 11.8 Å². The van der Waals surface area contributed by atoms with E-state index in [0.29, 0.717) is 0 Å². The van der Waals surface area contributed by atoms with Gasteiger partial charge in [-0.2, -0.15) is 4.98 Å². The smallest absolute Gasteiger partial charge is 0.227 e. The van der Waals surface area contributed by atoms with E-state index < -0.39 is 0 Å². The molecular weight excluding hydrogens is 276 g/mol. The SMILES string of the molecule is CCN1CCN(c2ccnc(N3CCN(CC)CC3)n2)CC1. The maximum absolute atomic E-state index is 4.83. The van der Waals surface area contributed by atoms with Crippen LogP contribution in [0.3, 0.4) is 0 Å². The molecule has 0 amide bonds. The van der Waals surface area contributed by atoms with Gasteiger partial charge in [-0.15, -0.1) is 0 Å². The van der Waals surface area contributed by atoms with Crippen molar-refractivity contribution in [1.29, 1.82) is 0 Å². The molecule has 2 fully saturated rings. The Morgan fingerprint density at radius 2 is 1.36 bits per heavy atom. The standard InChI is InChI=1S/C16H28N6/c1-3-19-7-11-21(12-8-19)15-5-6-17-16(18-15)22-13-9-20(4-2)10-14-22/h5-6H,3-4,7-14H2,1-2H3. The third-order valence-corrected chi connectivity index (χ3v) is 4.87. The van der Waals surface area contributed by atoms with Gasteiger partial charge in [-0.3, -0.25) is 0 Å². The molecule has 0 bridgehead atoms. The molecule has 22 heavy (non-hydrogen) atoms. The van der Waals surface area contributed by atoms with Crippen LogP contribution < -0.4 is 9.80 Å². The van der Waals surface area contributed by atoms with Gasteiger partial charge in [0.05, 0.1) is 0 Å². The number of piperazine rings is 2. The number of aromatic nitrogens is 2. The van der Waals surface area contributed by atoms with Crippen LogP contribution in [0.1, 0.15) is 13.8 Å². The fraction of sp³-hybridized carbons (Fsp3) is 0.750. The van der Waals surface area contributed by atoms with E-state index in [-0.39, 0.29) is 0 Å². The Labute approximate surface area is 133 Å². The maximum Gasteiger partial charge on any atom is 0.227 e. The molecule has 3 rings (SSSR count). The summed E-state index contributed by atoms with van der Waals surface area (Å²) in [6.07, 6.45) is 1.91. The number of anilines is 2. The van der Waals surface area contributed by atoms with Crippen molar-refractivity contribution in [1.82, 2.24) is 19.8 Å². The molecule has 1 aromatic heterocycles. The first-order valence-corrected chi connectivity index (χ1v) is 8.57. The Morgan fingerprint density at radius 1 is 0.818 bits per heavy atom. The molecule has 2 aliphatic rings. The van der Waals surface area contributed by atoms with E-state index in [2.05, 4.69) is 38.4 Å². The molecule has 2 saturated heterocycles. The first kappa shape index (κ1) is 15.5. The van der Waals surface area contributed by atoms with Crippen molar-refractivity contribution in [2.75, 3.05) is 75.2 Å². The molecule has 0 aliphatic carbocycles. The quantitative estimate of drug-likeness (QED) is 0.818. The number of hydrogen-bond acceptors (Lipinski definition) is 6. The Bertz CT molecular complexity index is 424. The fourth-order valence-electron chi connectivity index (χ4n) is 3.22. The van der Waals surface area contributed by atoms with Crippen LogP contribution in [0.25, 0.3) is 0 Å². The second kappa shape index (κ2) is 7.24. The largest absolute Gasteiger partial charge is 0.354 e. The predicted octanol–water partition coefficient (Wildman–Crippen LogP) is 0.760. The van der Waals surface area contributed by atoms with Crippen LogP contribution in [-0.4, -0.2) is 85.2 Å². The highest BCUT2D eigenvalue weighted by Crippen LogP contribution is 2.18. The molecule has 1 aromatic rings. The van der Waals surface area contributed by atoms with Gasteiger partial charge in [-0.25, -0.2) is 4.98 Å². The summed E-state index contributed by atoms with van der Waals surface area (Å²) >= 11 is 0. The normalized spacial score (nSPS) is 21.4. The van der Waals surface area contributed by atoms with E-state index in [1.807, 2.05) is 12.3 Å². The molecule has 0 aromatic carbocycles. The zero-order valence-corrected chi connectivity index (χ0v) is 13.9. The molecule has 0 atom stereocenters. The summed E-state index contributed by atoms with van der Waals surface area (Å²) in [7, 11) is 0. The van der Waals surface area contributed by atoms with Gasteiger partial charge >= 0.3 is 0 Å². The molecule has 0 unspecified atom stereocenters. The molecule has 0 radical (unpaired) electrons. The van der Waals surface area contributed by atoms with Gasteiger partial charge in [0.2, 0.25) is 5.95 Å². The van der Waals surface area contributed by atoms with E-state index >= 15 is 0 Å². The molecular formula is C16H28N6. The number of hydrogen-bond donors (Lipinski definition) is 0. The van der Waals surface area contributed by atoms with Crippen molar-refractivity contribution in [3.05, 3.63) is 12.3 Å². The van der Waals surface area contributed by atoms with Gasteiger partial charge in [-0.05, 0) is 19.2 Å². The Hall–Kier alpha value is -1.40. The summed E-state index contributed by atoms with van der Waals surface area (Å²) in [5, 5.41) is 0. The highest BCUT2D eigenvalue weighted by Gasteiger charge is 2.20. The van der Waals surface area contributed by atoms with Crippen LogP contribution in [0.2, 0.25) is 0 Å². The molecule has 0 saturated carbocycles. The van der Waals surface area contributed by atoms with Crippen LogP contribution in [-0.2, 0) is 0 Å². The van der Waals surface area contributed by atoms with Gasteiger partial charge in [0.25, 0.3) is 0 Å². The van der Waals surface area contributed by atoms with Crippen molar-refractivity contribution in [2.45, 2.75) is 13.8 Å². The predicted molar refractivity (Wildman–Crippen MR) is 90.7 cm³/mol. The van der Waals surface area contributed by atoms with Crippen molar-refractivity contribution in [3.8, 4) is 0 Å². The number of nitrogens with zero attached hydrogens (tertiary/aromatic N) is 6. The Morgan fingerprint density at radius 3 is 1.91 bits per heavy atom. The molecule has 0 N–H and O–H groups in total. The molecule has 6 heteroatoms. The molecule has 2 aliphatic heterocycles. The summed E-state index contributed by atoms with van der Waals surface area (Å²) in [6.45, 7) is 15.4. The summed E-state index contributed by atoms with van der Waals surface area (Å²) in [5.74, 6) is 1.98. The van der Waals surface area contributed by atoms with E-state index in [4.69, 9.17) is 4.98 Å². The third kappa shape index (κ3) is 3.50. The zero-order chi connectivity index (χ0) is 15.4. The zero-order valence-electron chi connectivity index (χ0n) is 13.9. The van der Waals surface area contributed by atoms with Gasteiger partial charge in [0.15, 0.2) is 0 Å². The van der Waals surface area contributed by atoms with Gasteiger partial charge < -0.3 is 19.6 Å². The van der Waals surface area contributed by atoms with E-state index in [9.17, 15) is 0 Å². The van der Waals surface area contributed by atoms with Crippen LogP contribution in [0.15, 0.2) is 12.3 Å². The summed E-state index contributed by atoms with van der Waals surface area (Å²) in [5.41, 5.74) is 0. The van der Waals surface area contributed by atoms with Crippen LogP contribution in [0.4, 0.5) is 11.8 Å². The topological polar surface area (TPSA) is 38.7 Å². The average Bonchev–Trinajstić information content (AvgIpc) is 2.62. The Kier molecular flexibility index (Phi) is 5.10. The molecule has 3 heterocycles. The van der Waals surface area contributed by atoms with Crippen LogP contribution in [0.5, 0.6) is 0 Å². The monoisotopic (exact) mass is 304 g/mol. The number of likely N-dealkylation sites (N-methyl/N-ethyl adjacent to an activating group) is 2. The summed E-state index contributed by atoms with van der Waals surface area (Å²) < 4.78 is 0. The van der Waals surface area contributed by atoms with E-state index in [1.54, 1.807) is 0 Å². The highest BCUT2D eigenvalue weighted by molar-refractivity contribution is 5.44. The molecule has 122 valence electrons. The number of rotatable bonds is 4. The van der Waals surface area contributed by atoms with Gasteiger partial charge in [-0.1, -0.05) is 13.8 Å². The van der Waals surface area contributed by atoms with E-state index in [1.165, 1.54) is 0 Å². The minimum absolute atomic E-state index is 0.895. The Balaban J connectivity index is 1.63. The van der Waals surface area contributed by atoms with Crippen molar-refractivity contribution in [2.24, 2.45) is 0 Å². The van der Waals surface area contributed by atoms with Gasteiger partial charge in [0.1, 0.15) is 5.82 Å². The lowest BCUT2D eigenvalue weighted by Crippen LogP contribution is -2.48. The molecule has 0 spiro atoms. The maximum atomic E-state index is 4.83. The van der Waals surface area contributed by atoms with Crippen molar-refractivity contribution < 1.29 is 0 Å². The molecule has 6 nitrogen and oxygen atoms in total. The van der Waals surface area contributed by atoms with Crippen LogP contribution in [0, 0.1) is 0 Å². The minimum atomic E-state index is 0.895. The average molecular weight is 304 g/mol. The lowest BCUT2D eigenvalue weighted by atomic mass is 10.3. The van der Waals surface area contributed by atoms with Crippen LogP contribution >= 0.6 is 0 Å². The first-order chi connectivity index (χ1) is 10.8. The lowest BCUT2D eigenvalue weighted by Gasteiger charge is -2.36. The van der Waals surface area contributed by atoms with Gasteiger partial charge in [0, 0.05) is 58.6 Å². The minimum Gasteiger partial charge on any atom is -0.354 e. The first-order valence-electron chi connectivity index (χ1n) is 8.57. The lowest BCUT2D eigenvalue weighted by molar-refractivity contribution is 0.268. The second-order valence-electron chi connectivity index (χ2n) is 6.06. The van der Waals surface area contributed by atoms with E-state index in [0.717, 1.165) is 77.2 Å².